The average molecular weight is 252 g/mol. The Morgan fingerprint density at radius 2 is 1.88 bits per heavy atom. The van der Waals surface area contributed by atoms with Crippen LogP contribution in [0.1, 0.15) is 20.3 Å². The lowest BCUT2D eigenvalue weighted by molar-refractivity contribution is -0.149. The molecule has 0 aliphatic heterocycles. The molecule has 1 rings (SSSR count). The summed E-state index contributed by atoms with van der Waals surface area (Å²) in [5.41, 5.74) is 0. The maximum atomic E-state index is 11.9. The first-order valence-corrected chi connectivity index (χ1v) is 6.44. The van der Waals surface area contributed by atoms with Crippen molar-refractivity contribution in [3.05, 3.63) is 30.3 Å². The molecule has 0 saturated heterocycles. The van der Waals surface area contributed by atoms with E-state index < -0.39 is 11.9 Å². The lowest BCUT2D eigenvalue weighted by atomic mass is 10.1. The molecule has 17 heavy (non-hydrogen) atoms. The third kappa shape index (κ3) is 4.23. The fraction of sp³-hybridized carbons (Fsp3) is 0.385. The van der Waals surface area contributed by atoms with Crippen LogP contribution in [0.15, 0.2) is 35.2 Å². The minimum Gasteiger partial charge on any atom is -0.465 e. The quantitative estimate of drug-likeness (QED) is 0.459. The fourth-order valence-electron chi connectivity index (χ4n) is 1.35. The monoisotopic (exact) mass is 252 g/mol. The van der Waals surface area contributed by atoms with E-state index in [4.69, 9.17) is 4.74 Å². The highest BCUT2D eigenvalue weighted by Crippen LogP contribution is 2.24. The van der Waals surface area contributed by atoms with Crippen LogP contribution in [0.25, 0.3) is 0 Å². The number of carbonyl (C=O) groups excluding carboxylic acids is 2. The van der Waals surface area contributed by atoms with Gasteiger partial charge in [-0.15, -0.1) is 0 Å². The summed E-state index contributed by atoms with van der Waals surface area (Å²) >= 11 is 1.09. The smallest absolute Gasteiger partial charge is 0.317 e. The van der Waals surface area contributed by atoms with Gasteiger partial charge in [0.2, 0.25) is 5.12 Å². The molecule has 1 atom stereocenters. The number of esters is 1. The first kappa shape index (κ1) is 13.8. The summed E-state index contributed by atoms with van der Waals surface area (Å²) in [5.74, 6) is -1.09. The molecule has 0 heterocycles. The van der Waals surface area contributed by atoms with Gasteiger partial charge in [0.15, 0.2) is 0 Å². The summed E-state index contributed by atoms with van der Waals surface area (Å²) in [5, 5.41) is -0.155. The molecule has 0 bridgehead atoms. The van der Waals surface area contributed by atoms with Crippen LogP contribution in [-0.4, -0.2) is 17.7 Å². The summed E-state index contributed by atoms with van der Waals surface area (Å²) in [6.07, 6.45) is 0.470. The highest BCUT2D eigenvalue weighted by Gasteiger charge is 2.26. The van der Waals surface area contributed by atoms with Gasteiger partial charge in [-0.3, -0.25) is 9.59 Å². The van der Waals surface area contributed by atoms with Crippen molar-refractivity contribution in [1.29, 1.82) is 0 Å². The van der Waals surface area contributed by atoms with Gasteiger partial charge in [-0.25, -0.2) is 0 Å². The molecule has 3 nitrogen and oxygen atoms in total. The Labute approximate surface area is 106 Å². The molecule has 0 N–H and O–H groups in total. The molecular formula is C13H16O3S. The van der Waals surface area contributed by atoms with Crippen LogP contribution < -0.4 is 0 Å². The van der Waals surface area contributed by atoms with E-state index in [2.05, 4.69) is 0 Å². The maximum Gasteiger partial charge on any atom is 0.317 e. The van der Waals surface area contributed by atoms with E-state index in [0.717, 1.165) is 16.7 Å². The minimum atomic E-state index is -0.667. The Bertz CT molecular complexity index is 376. The van der Waals surface area contributed by atoms with E-state index in [9.17, 15) is 9.59 Å². The van der Waals surface area contributed by atoms with Gasteiger partial charge >= 0.3 is 5.97 Å². The number of thioether (sulfide) groups is 1. The second-order valence-corrected chi connectivity index (χ2v) is 4.52. The number of hydrogen-bond acceptors (Lipinski definition) is 4. The molecule has 0 saturated carbocycles. The van der Waals surface area contributed by atoms with Gasteiger partial charge in [0.25, 0.3) is 0 Å². The largest absolute Gasteiger partial charge is 0.465 e. The minimum absolute atomic E-state index is 0.155. The van der Waals surface area contributed by atoms with Crippen molar-refractivity contribution in [1.82, 2.24) is 0 Å². The zero-order valence-corrected chi connectivity index (χ0v) is 10.8. The van der Waals surface area contributed by atoms with E-state index >= 15 is 0 Å². The molecule has 1 aromatic rings. The molecule has 0 aliphatic rings. The van der Waals surface area contributed by atoms with E-state index in [1.807, 2.05) is 37.3 Å². The molecule has 0 aliphatic carbocycles. The Morgan fingerprint density at radius 3 is 2.41 bits per heavy atom. The van der Waals surface area contributed by atoms with Crippen LogP contribution >= 0.6 is 11.8 Å². The Hall–Kier alpha value is -1.29. The predicted octanol–water partition coefficient (Wildman–Crippen LogP) is 2.89. The molecule has 0 spiro atoms. The lowest BCUT2D eigenvalue weighted by Gasteiger charge is -2.11. The number of hydrogen-bond donors (Lipinski definition) is 0. The first-order chi connectivity index (χ1) is 8.19. The summed E-state index contributed by atoms with van der Waals surface area (Å²) in [6.45, 7) is 3.85. The molecule has 0 amide bonds. The van der Waals surface area contributed by atoms with Crippen LogP contribution in [0.4, 0.5) is 0 Å². The van der Waals surface area contributed by atoms with E-state index in [0.29, 0.717) is 13.0 Å². The van der Waals surface area contributed by atoms with Crippen LogP contribution in [0.3, 0.4) is 0 Å². The molecule has 92 valence electrons. The molecular weight excluding hydrogens is 236 g/mol. The molecule has 0 aromatic heterocycles. The second kappa shape index (κ2) is 7.12. The van der Waals surface area contributed by atoms with E-state index in [1.54, 1.807) is 6.92 Å². The maximum absolute atomic E-state index is 11.9. The number of carbonyl (C=O) groups is 2. The summed E-state index contributed by atoms with van der Waals surface area (Å²) in [4.78, 5) is 24.3. The molecule has 0 fully saturated rings. The SMILES string of the molecule is CCOC(=O)C(CC)C(=O)Sc1ccccc1. The Balaban J connectivity index is 2.64. The molecule has 1 aromatic carbocycles. The predicted molar refractivity (Wildman–Crippen MR) is 67.7 cm³/mol. The number of rotatable bonds is 5. The summed E-state index contributed by atoms with van der Waals surface area (Å²) in [6, 6.07) is 9.31. The van der Waals surface area contributed by atoms with Gasteiger partial charge in [-0.2, -0.15) is 0 Å². The molecule has 1 unspecified atom stereocenters. The highest BCUT2D eigenvalue weighted by molar-refractivity contribution is 8.13. The van der Waals surface area contributed by atoms with Crippen molar-refractivity contribution >= 4 is 22.8 Å². The van der Waals surface area contributed by atoms with Gasteiger partial charge in [0.05, 0.1) is 6.61 Å². The Kier molecular flexibility index (Phi) is 5.77. The van der Waals surface area contributed by atoms with Crippen LogP contribution in [0.2, 0.25) is 0 Å². The second-order valence-electron chi connectivity index (χ2n) is 3.45. The van der Waals surface area contributed by atoms with Crippen molar-refractivity contribution in [2.75, 3.05) is 6.61 Å². The zero-order valence-electron chi connectivity index (χ0n) is 10.0. The standard InChI is InChI=1S/C13H16O3S/c1-3-11(12(14)16-4-2)13(15)17-10-8-6-5-7-9-10/h5-9,11H,3-4H2,1-2H3. The fourth-order valence-corrected chi connectivity index (χ4v) is 2.28. The number of ether oxygens (including phenoxy) is 1. The zero-order chi connectivity index (χ0) is 12.7. The third-order valence-electron chi connectivity index (χ3n) is 2.23. The van der Waals surface area contributed by atoms with Gasteiger partial charge in [0, 0.05) is 4.90 Å². The average Bonchev–Trinajstić information content (AvgIpc) is 2.31. The summed E-state index contributed by atoms with van der Waals surface area (Å²) in [7, 11) is 0. The summed E-state index contributed by atoms with van der Waals surface area (Å²) < 4.78 is 4.88. The van der Waals surface area contributed by atoms with Crippen LogP contribution in [0.5, 0.6) is 0 Å². The van der Waals surface area contributed by atoms with Crippen molar-refractivity contribution < 1.29 is 14.3 Å². The first-order valence-electron chi connectivity index (χ1n) is 5.62. The molecule has 4 heteroatoms. The Morgan fingerprint density at radius 1 is 1.24 bits per heavy atom. The van der Waals surface area contributed by atoms with E-state index in [-0.39, 0.29) is 5.12 Å². The number of benzene rings is 1. The third-order valence-corrected chi connectivity index (χ3v) is 3.22. The highest BCUT2D eigenvalue weighted by atomic mass is 32.2. The van der Waals surface area contributed by atoms with E-state index in [1.165, 1.54) is 0 Å². The van der Waals surface area contributed by atoms with Crippen molar-refractivity contribution in [2.24, 2.45) is 5.92 Å². The van der Waals surface area contributed by atoms with Crippen molar-refractivity contribution in [2.45, 2.75) is 25.2 Å². The van der Waals surface area contributed by atoms with Crippen molar-refractivity contribution in [3.8, 4) is 0 Å². The normalized spacial score (nSPS) is 11.9. The van der Waals surface area contributed by atoms with Crippen LogP contribution in [-0.2, 0) is 14.3 Å². The van der Waals surface area contributed by atoms with Gasteiger partial charge < -0.3 is 4.74 Å². The van der Waals surface area contributed by atoms with Crippen molar-refractivity contribution in [3.63, 3.8) is 0 Å². The lowest BCUT2D eigenvalue weighted by Crippen LogP contribution is -2.23. The van der Waals surface area contributed by atoms with Gasteiger partial charge in [-0.05, 0) is 25.5 Å². The topological polar surface area (TPSA) is 43.4 Å². The van der Waals surface area contributed by atoms with Gasteiger partial charge in [0.1, 0.15) is 5.92 Å². The van der Waals surface area contributed by atoms with Gasteiger partial charge in [-0.1, -0.05) is 36.9 Å². The molecule has 0 radical (unpaired) electrons. The van der Waals surface area contributed by atoms with Crippen LogP contribution in [0, 0.1) is 5.92 Å².